The van der Waals surface area contributed by atoms with Crippen LogP contribution in [0.15, 0.2) is 42.6 Å². The van der Waals surface area contributed by atoms with Crippen molar-refractivity contribution in [1.29, 1.82) is 0 Å². The first-order chi connectivity index (χ1) is 14.0. The van der Waals surface area contributed by atoms with Crippen LogP contribution >= 0.6 is 0 Å². The topological polar surface area (TPSA) is 74.8 Å². The molecular formula is C22H28N4O3. The van der Waals surface area contributed by atoms with Crippen molar-refractivity contribution in [2.75, 3.05) is 43.5 Å². The summed E-state index contributed by atoms with van der Waals surface area (Å²) in [5, 5.41) is 2.85. The van der Waals surface area contributed by atoms with Gasteiger partial charge in [0, 0.05) is 32.6 Å². The van der Waals surface area contributed by atoms with Gasteiger partial charge in [-0.15, -0.1) is 0 Å². The molecule has 2 amide bonds. The highest BCUT2D eigenvalue weighted by atomic mass is 16.5. The highest BCUT2D eigenvalue weighted by Crippen LogP contribution is 2.21. The molecule has 2 heterocycles. The van der Waals surface area contributed by atoms with Crippen LogP contribution in [-0.2, 0) is 4.79 Å². The molecule has 1 saturated heterocycles. The number of amides is 2. The molecule has 154 valence electrons. The molecule has 1 aliphatic heterocycles. The van der Waals surface area contributed by atoms with Gasteiger partial charge in [-0.1, -0.05) is 26.0 Å². The zero-order valence-electron chi connectivity index (χ0n) is 17.2. The maximum absolute atomic E-state index is 12.5. The SMILES string of the molecule is COc1ccccc1C(=O)Nc1ccc(N2CCN(C(=O)CC(C)C)CC2)nc1. The molecule has 0 bridgehead atoms. The number of para-hydroxylation sites is 1. The average molecular weight is 396 g/mol. The molecule has 7 heteroatoms. The summed E-state index contributed by atoms with van der Waals surface area (Å²) in [5.74, 6) is 1.73. The number of rotatable bonds is 6. The van der Waals surface area contributed by atoms with Gasteiger partial charge in [0.2, 0.25) is 5.91 Å². The van der Waals surface area contributed by atoms with Crippen molar-refractivity contribution < 1.29 is 14.3 Å². The number of methoxy groups -OCH3 is 1. The van der Waals surface area contributed by atoms with E-state index >= 15 is 0 Å². The van der Waals surface area contributed by atoms with Gasteiger partial charge in [0.05, 0.1) is 24.6 Å². The maximum Gasteiger partial charge on any atom is 0.259 e. The Hall–Kier alpha value is -3.09. The van der Waals surface area contributed by atoms with Crippen molar-refractivity contribution >= 4 is 23.3 Å². The Labute approximate surface area is 171 Å². The molecular weight excluding hydrogens is 368 g/mol. The van der Waals surface area contributed by atoms with Gasteiger partial charge in [0.15, 0.2) is 0 Å². The van der Waals surface area contributed by atoms with E-state index in [0.717, 1.165) is 18.9 Å². The Balaban J connectivity index is 1.57. The minimum Gasteiger partial charge on any atom is -0.496 e. The van der Waals surface area contributed by atoms with Crippen LogP contribution in [0.4, 0.5) is 11.5 Å². The summed E-state index contributed by atoms with van der Waals surface area (Å²) in [4.78, 5) is 33.3. The molecule has 3 rings (SSSR count). The Bertz CT molecular complexity index is 843. The molecule has 29 heavy (non-hydrogen) atoms. The number of nitrogens with one attached hydrogen (secondary N) is 1. The van der Waals surface area contributed by atoms with E-state index in [9.17, 15) is 9.59 Å². The lowest BCUT2D eigenvalue weighted by Gasteiger charge is -2.35. The lowest BCUT2D eigenvalue weighted by Crippen LogP contribution is -2.49. The largest absolute Gasteiger partial charge is 0.496 e. The van der Waals surface area contributed by atoms with Gasteiger partial charge in [-0.25, -0.2) is 4.98 Å². The molecule has 2 aromatic rings. The van der Waals surface area contributed by atoms with E-state index in [2.05, 4.69) is 29.0 Å². The van der Waals surface area contributed by atoms with Crippen LogP contribution in [0.3, 0.4) is 0 Å². The number of aromatic nitrogens is 1. The van der Waals surface area contributed by atoms with E-state index in [1.807, 2.05) is 23.1 Å². The van der Waals surface area contributed by atoms with Gasteiger partial charge in [-0.3, -0.25) is 9.59 Å². The molecule has 1 fully saturated rings. The van der Waals surface area contributed by atoms with E-state index in [-0.39, 0.29) is 11.8 Å². The third-order valence-electron chi connectivity index (χ3n) is 4.90. The molecule has 1 aromatic carbocycles. The molecule has 0 spiro atoms. The first kappa shape index (κ1) is 20.6. The fourth-order valence-corrected chi connectivity index (χ4v) is 3.34. The molecule has 1 aromatic heterocycles. The molecule has 0 aliphatic carbocycles. The fourth-order valence-electron chi connectivity index (χ4n) is 3.34. The zero-order valence-corrected chi connectivity index (χ0v) is 17.2. The number of carbonyl (C=O) groups excluding carboxylic acids is 2. The number of hydrogen-bond donors (Lipinski definition) is 1. The number of carbonyl (C=O) groups is 2. The highest BCUT2D eigenvalue weighted by molar-refractivity contribution is 6.06. The van der Waals surface area contributed by atoms with Crippen LogP contribution in [0, 0.1) is 5.92 Å². The second kappa shape index (κ2) is 9.41. The summed E-state index contributed by atoms with van der Waals surface area (Å²) >= 11 is 0. The number of nitrogens with zero attached hydrogens (tertiary/aromatic N) is 3. The van der Waals surface area contributed by atoms with Crippen molar-refractivity contribution in [2.24, 2.45) is 5.92 Å². The lowest BCUT2D eigenvalue weighted by atomic mass is 10.1. The van der Waals surface area contributed by atoms with Crippen molar-refractivity contribution in [3.05, 3.63) is 48.2 Å². The highest BCUT2D eigenvalue weighted by Gasteiger charge is 2.22. The summed E-state index contributed by atoms with van der Waals surface area (Å²) in [6.45, 7) is 7.05. The van der Waals surface area contributed by atoms with Gasteiger partial charge in [-0.05, 0) is 30.2 Å². The Morgan fingerprint density at radius 2 is 1.83 bits per heavy atom. The molecule has 7 nitrogen and oxygen atoms in total. The van der Waals surface area contributed by atoms with Gasteiger partial charge < -0.3 is 19.9 Å². The van der Waals surface area contributed by atoms with Crippen LogP contribution < -0.4 is 15.0 Å². The number of hydrogen-bond acceptors (Lipinski definition) is 5. The Kier molecular flexibility index (Phi) is 6.69. The maximum atomic E-state index is 12.5. The second-order valence-corrected chi connectivity index (χ2v) is 7.53. The third kappa shape index (κ3) is 5.25. The van der Waals surface area contributed by atoms with Crippen LogP contribution in [0.5, 0.6) is 5.75 Å². The third-order valence-corrected chi connectivity index (χ3v) is 4.90. The number of ether oxygens (including phenoxy) is 1. The molecule has 1 aliphatic rings. The predicted molar refractivity (Wildman–Crippen MR) is 113 cm³/mol. The average Bonchev–Trinajstić information content (AvgIpc) is 2.74. The molecule has 0 saturated carbocycles. The quantitative estimate of drug-likeness (QED) is 0.812. The molecule has 0 unspecified atom stereocenters. The summed E-state index contributed by atoms with van der Waals surface area (Å²) in [6, 6.07) is 10.8. The summed E-state index contributed by atoms with van der Waals surface area (Å²) in [5.41, 5.74) is 1.09. The van der Waals surface area contributed by atoms with E-state index in [4.69, 9.17) is 4.74 Å². The van der Waals surface area contributed by atoms with Crippen molar-refractivity contribution in [1.82, 2.24) is 9.88 Å². The molecule has 1 N–H and O–H groups in total. The second-order valence-electron chi connectivity index (χ2n) is 7.53. The predicted octanol–water partition coefficient (Wildman–Crippen LogP) is 3.04. The smallest absolute Gasteiger partial charge is 0.259 e. The van der Waals surface area contributed by atoms with E-state index in [1.54, 1.807) is 31.5 Å². The minimum atomic E-state index is -0.241. The van der Waals surface area contributed by atoms with Crippen molar-refractivity contribution in [2.45, 2.75) is 20.3 Å². The zero-order chi connectivity index (χ0) is 20.8. The van der Waals surface area contributed by atoms with Crippen LogP contribution in [-0.4, -0.2) is 55.0 Å². The summed E-state index contributed by atoms with van der Waals surface area (Å²) < 4.78 is 5.24. The van der Waals surface area contributed by atoms with Crippen LogP contribution in [0.1, 0.15) is 30.6 Å². The van der Waals surface area contributed by atoms with Gasteiger partial charge in [-0.2, -0.15) is 0 Å². The summed E-state index contributed by atoms with van der Waals surface area (Å²) in [6.07, 6.45) is 2.25. The fraction of sp³-hybridized carbons (Fsp3) is 0.409. The Morgan fingerprint density at radius 3 is 2.45 bits per heavy atom. The van der Waals surface area contributed by atoms with E-state index in [1.165, 1.54) is 0 Å². The summed E-state index contributed by atoms with van der Waals surface area (Å²) in [7, 11) is 1.54. The van der Waals surface area contributed by atoms with Gasteiger partial charge in [0.25, 0.3) is 5.91 Å². The van der Waals surface area contributed by atoms with Gasteiger partial charge in [0.1, 0.15) is 11.6 Å². The number of piperazine rings is 1. The van der Waals surface area contributed by atoms with Crippen LogP contribution in [0.25, 0.3) is 0 Å². The van der Waals surface area contributed by atoms with E-state index < -0.39 is 0 Å². The number of benzene rings is 1. The first-order valence-corrected chi connectivity index (χ1v) is 9.91. The number of pyridine rings is 1. The van der Waals surface area contributed by atoms with Gasteiger partial charge >= 0.3 is 0 Å². The number of anilines is 2. The molecule has 0 radical (unpaired) electrons. The van der Waals surface area contributed by atoms with Crippen molar-refractivity contribution in [3.8, 4) is 5.75 Å². The lowest BCUT2D eigenvalue weighted by molar-refractivity contribution is -0.132. The standard InChI is InChI=1S/C22H28N4O3/c1-16(2)14-21(27)26-12-10-25(11-13-26)20-9-8-17(15-23-20)24-22(28)18-6-4-5-7-19(18)29-3/h4-9,15-16H,10-14H2,1-3H3,(H,24,28). The van der Waals surface area contributed by atoms with Crippen molar-refractivity contribution in [3.63, 3.8) is 0 Å². The van der Waals surface area contributed by atoms with E-state index in [0.29, 0.717) is 42.4 Å². The Morgan fingerprint density at radius 1 is 1.10 bits per heavy atom. The normalized spacial score (nSPS) is 14.1. The minimum absolute atomic E-state index is 0.224. The molecule has 0 atom stereocenters. The first-order valence-electron chi connectivity index (χ1n) is 9.91. The van der Waals surface area contributed by atoms with Crippen LogP contribution in [0.2, 0.25) is 0 Å². The monoisotopic (exact) mass is 396 g/mol.